The van der Waals surface area contributed by atoms with Gasteiger partial charge < -0.3 is 5.11 Å². The van der Waals surface area contributed by atoms with Crippen molar-refractivity contribution in [3.05, 3.63) is 59.4 Å². The van der Waals surface area contributed by atoms with E-state index in [-0.39, 0.29) is 17.7 Å². The van der Waals surface area contributed by atoms with E-state index < -0.39 is 29.0 Å². The van der Waals surface area contributed by atoms with Crippen LogP contribution in [-0.2, 0) is 5.60 Å². The van der Waals surface area contributed by atoms with Crippen LogP contribution in [0.4, 0.5) is 13.2 Å². The number of hydrogen-bond acceptors (Lipinski definition) is 3. The Morgan fingerprint density at radius 1 is 1.24 bits per heavy atom. The molecule has 0 fully saturated rings. The van der Waals surface area contributed by atoms with Crippen LogP contribution in [-0.4, -0.2) is 15.1 Å². The second-order valence-corrected chi connectivity index (χ2v) is 4.88. The second kappa shape index (κ2) is 5.81. The molecule has 1 N–H and O–H groups in total. The van der Waals surface area contributed by atoms with Crippen molar-refractivity contribution >= 4 is 0 Å². The fourth-order valence-corrected chi connectivity index (χ4v) is 2.44. The molecule has 0 saturated carbocycles. The topological polar surface area (TPSA) is 46.0 Å². The maximum absolute atomic E-state index is 14.0. The summed E-state index contributed by atoms with van der Waals surface area (Å²) in [6.07, 6.45) is 2.25. The highest BCUT2D eigenvalue weighted by Crippen LogP contribution is 2.40. The summed E-state index contributed by atoms with van der Waals surface area (Å²) >= 11 is 0. The van der Waals surface area contributed by atoms with Crippen molar-refractivity contribution in [3.63, 3.8) is 0 Å². The average molecular weight is 296 g/mol. The van der Waals surface area contributed by atoms with Crippen molar-refractivity contribution < 1.29 is 18.3 Å². The highest BCUT2D eigenvalue weighted by molar-refractivity contribution is 5.29. The van der Waals surface area contributed by atoms with Gasteiger partial charge in [0.15, 0.2) is 5.82 Å². The predicted molar refractivity (Wildman–Crippen MR) is 71.0 cm³/mol. The van der Waals surface area contributed by atoms with Crippen molar-refractivity contribution in [1.29, 1.82) is 0 Å². The van der Waals surface area contributed by atoms with E-state index in [1.807, 2.05) is 0 Å². The molecular weight excluding hydrogens is 281 g/mol. The molecule has 0 aliphatic carbocycles. The molecule has 21 heavy (non-hydrogen) atoms. The van der Waals surface area contributed by atoms with Crippen LogP contribution in [0.3, 0.4) is 0 Å². The lowest BCUT2D eigenvalue weighted by Gasteiger charge is -2.33. The van der Waals surface area contributed by atoms with Crippen molar-refractivity contribution in [3.8, 4) is 0 Å². The van der Waals surface area contributed by atoms with Crippen molar-refractivity contribution in [2.24, 2.45) is 0 Å². The Hall–Kier alpha value is -1.95. The van der Waals surface area contributed by atoms with E-state index >= 15 is 0 Å². The maximum Gasteiger partial charge on any atom is 0.163 e. The van der Waals surface area contributed by atoms with Crippen LogP contribution in [0.25, 0.3) is 0 Å². The van der Waals surface area contributed by atoms with Crippen LogP contribution in [0, 0.1) is 17.5 Å². The fraction of sp³-hybridized carbons (Fsp3) is 0.333. The van der Waals surface area contributed by atoms with Crippen molar-refractivity contribution in [1.82, 2.24) is 9.97 Å². The third kappa shape index (κ3) is 2.76. The molecule has 6 heteroatoms. The molecule has 0 bridgehead atoms. The van der Waals surface area contributed by atoms with E-state index in [2.05, 4.69) is 9.97 Å². The van der Waals surface area contributed by atoms with E-state index in [0.717, 1.165) is 18.6 Å². The standard InChI is InChI=1S/C15H15F3N2O/c1-3-15(21,11-5-4-10(16)6-12(11)17)9(2)14-13(18)7-19-8-20-14/h4-9,21H,3H2,1-2H3/t9?,15-/m1/s1. The molecule has 0 saturated heterocycles. The first-order valence-electron chi connectivity index (χ1n) is 6.53. The summed E-state index contributed by atoms with van der Waals surface area (Å²) < 4.78 is 40.8. The Kier molecular flexibility index (Phi) is 4.27. The van der Waals surface area contributed by atoms with Gasteiger partial charge >= 0.3 is 0 Å². The lowest BCUT2D eigenvalue weighted by atomic mass is 9.78. The Bertz CT molecular complexity index is 651. The van der Waals surface area contributed by atoms with Gasteiger partial charge in [-0.3, -0.25) is 0 Å². The molecule has 1 heterocycles. The van der Waals surface area contributed by atoms with Crippen LogP contribution in [0.5, 0.6) is 0 Å². The second-order valence-electron chi connectivity index (χ2n) is 4.88. The van der Waals surface area contributed by atoms with Gasteiger partial charge in [0.25, 0.3) is 0 Å². The Balaban J connectivity index is 2.53. The van der Waals surface area contributed by atoms with Gasteiger partial charge in [-0.1, -0.05) is 19.9 Å². The molecule has 2 atom stereocenters. The maximum atomic E-state index is 14.0. The van der Waals surface area contributed by atoms with Crippen LogP contribution in [0.2, 0.25) is 0 Å². The van der Waals surface area contributed by atoms with E-state index in [9.17, 15) is 18.3 Å². The SMILES string of the molecule is CC[C@](O)(c1ccc(F)cc1F)C(C)c1ncncc1F. The van der Waals surface area contributed by atoms with Gasteiger partial charge in [0.2, 0.25) is 0 Å². The van der Waals surface area contributed by atoms with Crippen LogP contribution >= 0.6 is 0 Å². The monoisotopic (exact) mass is 296 g/mol. The molecule has 1 aromatic heterocycles. The molecule has 0 aliphatic heterocycles. The molecule has 1 aromatic carbocycles. The van der Waals surface area contributed by atoms with Gasteiger partial charge in [-0.15, -0.1) is 0 Å². The van der Waals surface area contributed by atoms with E-state index in [0.29, 0.717) is 6.07 Å². The molecule has 1 unspecified atom stereocenters. The zero-order valence-electron chi connectivity index (χ0n) is 11.6. The van der Waals surface area contributed by atoms with Crippen molar-refractivity contribution in [2.45, 2.75) is 31.8 Å². The summed E-state index contributed by atoms with van der Waals surface area (Å²) in [6, 6.07) is 2.92. The summed E-state index contributed by atoms with van der Waals surface area (Å²) in [5, 5.41) is 10.8. The van der Waals surface area contributed by atoms with E-state index in [4.69, 9.17) is 0 Å². The van der Waals surface area contributed by atoms with Gasteiger partial charge in [0.1, 0.15) is 23.6 Å². The first-order valence-corrected chi connectivity index (χ1v) is 6.53. The summed E-state index contributed by atoms with van der Waals surface area (Å²) in [7, 11) is 0. The lowest BCUT2D eigenvalue weighted by molar-refractivity contribution is 0.00273. The fourth-order valence-electron chi connectivity index (χ4n) is 2.44. The molecule has 0 radical (unpaired) electrons. The minimum absolute atomic E-state index is 0.0157. The van der Waals surface area contributed by atoms with Gasteiger partial charge in [-0.05, 0) is 12.5 Å². The summed E-state index contributed by atoms with van der Waals surface area (Å²) in [5.74, 6) is -3.12. The Morgan fingerprint density at radius 3 is 2.52 bits per heavy atom. The Morgan fingerprint density at radius 2 is 1.95 bits per heavy atom. The zero-order chi connectivity index (χ0) is 15.6. The minimum Gasteiger partial charge on any atom is -0.384 e. The number of halogens is 3. The number of benzene rings is 1. The molecular formula is C15H15F3N2O. The van der Waals surface area contributed by atoms with Crippen LogP contribution < -0.4 is 0 Å². The summed E-state index contributed by atoms with van der Waals surface area (Å²) in [4.78, 5) is 7.37. The van der Waals surface area contributed by atoms with Gasteiger partial charge in [0, 0.05) is 17.5 Å². The molecule has 112 valence electrons. The highest BCUT2D eigenvalue weighted by Gasteiger charge is 2.39. The lowest BCUT2D eigenvalue weighted by Crippen LogP contribution is -2.33. The number of nitrogens with zero attached hydrogens (tertiary/aromatic N) is 2. The molecule has 2 aromatic rings. The quantitative estimate of drug-likeness (QED) is 0.941. The van der Waals surface area contributed by atoms with Crippen LogP contribution in [0.1, 0.15) is 37.4 Å². The largest absolute Gasteiger partial charge is 0.384 e. The molecule has 0 spiro atoms. The van der Waals surface area contributed by atoms with E-state index in [1.165, 1.54) is 13.0 Å². The number of aromatic nitrogens is 2. The molecule has 3 nitrogen and oxygen atoms in total. The molecule has 0 amide bonds. The minimum atomic E-state index is -1.70. The molecule has 2 rings (SSSR count). The smallest absolute Gasteiger partial charge is 0.163 e. The number of aliphatic hydroxyl groups is 1. The zero-order valence-corrected chi connectivity index (χ0v) is 11.6. The average Bonchev–Trinajstić information content (AvgIpc) is 2.46. The first kappa shape index (κ1) is 15.4. The Labute approximate surface area is 120 Å². The predicted octanol–water partition coefficient (Wildman–Crippen LogP) is 3.30. The van der Waals surface area contributed by atoms with Crippen molar-refractivity contribution in [2.75, 3.05) is 0 Å². The summed E-state index contributed by atoms with van der Waals surface area (Å²) in [5.41, 5.74) is -1.80. The van der Waals surface area contributed by atoms with Gasteiger partial charge in [-0.2, -0.15) is 0 Å². The third-order valence-corrected chi connectivity index (χ3v) is 3.76. The summed E-state index contributed by atoms with van der Waals surface area (Å²) in [6.45, 7) is 3.18. The molecule has 0 aliphatic rings. The van der Waals surface area contributed by atoms with E-state index in [1.54, 1.807) is 6.92 Å². The first-order chi connectivity index (χ1) is 9.90. The normalized spacial score (nSPS) is 15.5. The van der Waals surface area contributed by atoms with Gasteiger partial charge in [-0.25, -0.2) is 23.1 Å². The van der Waals surface area contributed by atoms with Gasteiger partial charge in [0.05, 0.1) is 11.9 Å². The number of rotatable bonds is 4. The highest BCUT2D eigenvalue weighted by atomic mass is 19.1. The third-order valence-electron chi connectivity index (χ3n) is 3.76. The number of hydrogen-bond donors (Lipinski definition) is 1. The van der Waals surface area contributed by atoms with Crippen LogP contribution in [0.15, 0.2) is 30.7 Å².